The summed E-state index contributed by atoms with van der Waals surface area (Å²) in [4.78, 5) is 32.3. The molecule has 206 valence electrons. The number of amides is 2. The number of fused-ring (bicyclic) bond motifs is 2. The van der Waals surface area contributed by atoms with Crippen LogP contribution in [0.25, 0.3) is 0 Å². The molecular weight excluding hydrogens is 512 g/mol. The molecule has 0 radical (unpaired) electrons. The molecule has 0 N–H and O–H groups in total. The van der Waals surface area contributed by atoms with Gasteiger partial charge in [0, 0.05) is 23.0 Å². The van der Waals surface area contributed by atoms with Crippen LogP contribution < -0.4 is 14.2 Å². The standard InChI is InChI=1S/C31H36N2O5S/c1-5-21(4)33(31(35)23-8-11-27-28(16-23)38-19-37-27)17-30(34)32-14-12-29-25(13-15-39-29)26(32)18-36-24-9-6-22(7-10-24)20(2)3/h6-11,13,15-16,20-21,26H,5,12,14,17-19H2,1-4H3/t21-,26-/m0/s1. The van der Waals surface area contributed by atoms with E-state index in [4.69, 9.17) is 14.2 Å². The Kier molecular flexibility index (Phi) is 8.12. The second-order valence-electron chi connectivity index (χ2n) is 10.4. The highest BCUT2D eigenvalue weighted by atomic mass is 32.1. The highest BCUT2D eigenvalue weighted by Crippen LogP contribution is 2.35. The molecule has 2 aromatic carbocycles. The number of thiophene rings is 1. The largest absolute Gasteiger partial charge is 0.491 e. The van der Waals surface area contributed by atoms with Gasteiger partial charge in [-0.05, 0) is 78.6 Å². The summed E-state index contributed by atoms with van der Waals surface area (Å²) in [5.74, 6) is 2.14. The minimum atomic E-state index is -0.211. The lowest BCUT2D eigenvalue weighted by Gasteiger charge is -2.38. The second kappa shape index (κ2) is 11.7. The van der Waals surface area contributed by atoms with Gasteiger partial charge in [0.1, 0.15) is 18.9 Å². The van der Waals surface area contributed by atoms with Crippen LogP contribution in [0.3, 0.4) is 0 Å². The van der Waals surface area contributed by atoms with E-state index in [1.54, 1.807) is 34.4 Å². The van der Waals surface area contributed by atoms with E-state index in [9.17, 15) is 9.59 Å². The monoisotopic (exact) mass is 548 g/mol. The van der Waals surface area contributed by atoms with Crippen molar-refractivity contribution in [2.75, 3.05) is 26.5 Å². The number of hydrogen-bond donors (Lipinski definition) is 0. The van der Waals surface area contributed by atoms with Gasteiger partial charge in [0.15, 0.2) is 11.5 Å². The summed E-state index contributed by atoms with van der Waals surface area (Å²) in [6, 6.07) is 15.1. The predicted octanol–water partition coefficient (Wildman–Crippen LogP) is 6.05. The van der Waals surface area contributed by atoms with Crippen molar-refractivity contribution in [2.24, 2.45) is 0 Å². The minimum Gasteiger partial charge on any atom is -0.491 e. The summed E-state index contributed by atoms with van der Waals surface area (Å²) >= 11 is 1.72. The summed E-state index contributed by atoms with van der Waals surface area (Å²) in [5.41, 5.74) is 2.88. The molecule has 0 spiro atoms. The summed E-state index contributed by atoms with van der Waals surface area (Å²) < 4.78 is 17.1. The average molecular weight is 549 g/mol. The molecule has 0 aliphatic carbocycles. The van der Waals surface area contributed by atoms with Crippen molar-refractivity contribution in [3.8, 4) is 17.2 Å². The molecule has 7 nitrogen and oxygen atoms in total. The Morgan fingerprint density at radius 2 is 1.85 bits per heavy atom. The van der Waals surface area contributed by atoms with Crippen LogP contribution in [0.1, 0.15) is 72.4 Å². The third-order valence-corrected chi connectivity index (χ3v) is 8.68. The summed E-state index contributed by atoms with van der Waals surface area (Å²) in [6.45, 7) is 9.43. The van der Waals surface area contributed by atoms with Gasteiger partial charge in [-0.3, -0.25) is 9.59 Å². The van der Waals surface area contributed by atoms with Crippen molar-refractivity contribution < 1.29 is 23.8 Å². The average Bonchev–Trinajstić information content (AvgIpc) is 3.63. The molecule has 2 amide bonds. The Balaban J connectivity index is 1.34. The Morgan fingerprint density at radius 3 is 2.59 bits per heavy atom. The van der Waals surface area contributed by atoms with Crippen molar-refractivity contribution >= 4 is 23.2 Å². The first-order valence-corrected chi connectivity index (χ1v) is 14.5. The predicted molar refractivity (Wildman–Crippen MR) is 152 cm³/mol. The normalized spacial score (nSPS) is 16.6. The Morgan fingerprint density at radius 1 is 1.08 bits per heavy atom. The first kappa shape index (κ1) is 27.1. The van der Waals surface area contributed by atoms with Crippen LogP contribution in [0.2, 0.25) is 0 Å². The Hall–Kier alpha value is -3.52. The van der Waals surface area contributed by atoms with Crippen LogP contribution in [-0.2, 0) is 11.2 Å². The fraction of sp³-hybridized carbons (Fsp3) is 0.419. The van der Waals surface area contributed by atoms with E-state index < -0.39 is 0 Å². The Labute approximate surface area is 234 Å². The minimum absolute atomic E-state index is 0.00133. The van der Waals surface area contributed by atoms with Gasteiger partial charge in [-0.2, -0.15) is 0 Å². The van der Waals surface area contributed by atoms with Gasteiger partial charge in [-0.25, -0.2) is 0 Å². The summed E-state index contributed by atoms with van der Waals surface area (Å²) in [7, 11) is 0. The third-order valence-electron chi connectivity index (χ3n) is 7.68. The first-order chi connectivity index (χ1) is 18.9. The second-order valence-corrected chi connectivity index (χ2v) is 11.4. The zero-order valence-electron chi connectivity index (χ0n) is 23.0. The number of hydrogen-bond acceptors (Lipinski definition) is 6. The van der Waals surface area contributed by atoms with Crippen molar-refractivity contribution in [1.82, 2.24) is 9.80 Å². The van der Waals surface area contributed by atoms with Crippen LogP contribution in [0.4, 0.5) is 0 Å². The van der Waals surface area contributed by atoms with Crippen molar-refractivity contribution in [1.29, 1.82) is 0 Å². The van der Waals surface area contributed by atoms with Crippen LogP contribution in [-0.4, -0.2) is 54.1 Å². The maximum Gasteiger partial charge on any atom is 0.254 e. The van der Waals surface area contributed by atoms with Crippen LogP contribution in [0.5, 0.6) is 17.2 Å². The van der Waals surface area contributed by atoms with E-state index in [-0.39, 0.29) is 37.2 Å². The fourth-order valence-corrected chi connectivity index (χ4v) is 6.01. The highest BCUT2D eigenvalue weighted by Gasteiger charge is 2.34. The van der Waals surface area contributed by atoms with Gasteiger partial charge in [0.25, 0.3) is 5.91 Å². The number of carbonyl (C=O) groups excluding carboxylic acids is 2. The van der Waals surface area contributed by atoms with Crippen molar-refractivity contribution in [3.63, 3.8) is 0 Å². The number of benzene rings is 2. The topological polar surface area (TPSA) is 68.3 Å². The van der Waals surface area contributed by atoms with E-state index >= 15 is 0 Å². The molecule has 0 saturated carbocycles. The zero-order chi connectivity index (χ0) is 27.5. The highest BCUT2D eigenvalue weighted by molar-refractivity contribution is 7.10. The lowest BCUT2D eigenvalue weighted by molar-refractivity contribution is -0.136. The number of carbonyl (C=O) groups is 2. The Bertz CT molecular complexity index is 1320. The maximum atomic E-state index is 13.9. The van der Waals surface area contributed by atoms with E-state index in [1.165, 1.54) is 10.4 Å². The number of nitrogens with zero attached hydrogens (tertiary/aromatic N) is 2. The lowest BCUT2D eigenvalue weighted by Crippen LogP contribution is -2.49. The molecule has 39 heavy (non-hydrogen) atoms. The zero-order valence-corrected chi connectivity index (χ0v) is 23.8. The molecular formula is C31H36N2O5S. The van der Waals surface area contributed by atoms with E-state index in [0.29, 0.717) is 36.1 Å². The van der Waals surface area contributed by atoms with Crippen LogP contribution in [0.15, 0.2) is 53.9 Å². The third kappa shape index (κ3) is 5.76. The maximum absolute atomic E-state index is 13.9. The smallest absolute Gasteiger partial charge is 0.254 e. The fourth-order valence-electron chi connectivity index (χ4n) is 5.08. The van der Waals surface area contributed by atoms with Gasteiger partial charge in [-0.1, -0.05) is 32.9 Å². The van der Waals surface area contributed by atoms with Gasteiger partial charge in [0.05, 0.1) is 6.04 Å². The van der Waals surface area contributed by atoms with Crippen molar-refractivity contribution in [3.05, 3.63) is 75.5 Å². The molecule has 8 heteroatoms. The van der Waals surface area contributed by atoms with Crippen LogP contribution >= 0.6 is 11.3 Å². The van der Waals surface area contributed by atoms with Gasteiger partial charge in [0.2, 0.25) is 12.7 Å². The van der Waals surface area contributed by atoms with E-state index in [0.717, 1.165) is 24.2 Å². The number of ether oxygens (including phenoxy) is 3. The molecule has 5 rings (SSSR count). The summed E-state index contributed by atoms with van der Waals surface area (Å²) in [6.07, 6.45) is 1.54. The van der Waals surface area contributed by atoms with Crippen molar-refractivity contribution in [2.45, 2.75) is 58.5 Å². The SMILES string of the molecule is CC[C@H](C)N(CC(=O)N1CCc2sccc2[C@@H]1COc1ccc(C(C)C)cc1)C(=O)c1ccc2c(c1)OCO2. The number of rotatable bonds is 9. The molecule has 0 saturated heterocycles. The molecule has 3 aromatic rings. The molecule has 2 aliphatic heterocycles. The molecule has 2 aliphatic rings. The van der Waals surface area contributed by atoms with Gasteiger partial charge in [-0.15, -0.1) is 11.3 Å². The molecule has 2 atom stereocenters. The molecule has 0 bridgehead atoms. The molecule has 1 aromatic heterocycles. The quantitative estimate of drug-likeness (QED) is 0.326. The van der Waals surface area contributed by atoms with Gasteiger partial charge < -0.3 is 24.0 Å². The lowest BCUT2D eigenvalue weighted by atomic mass is 10.00. The first-order valence-electron chi connectivity index (χ1n) is 13.6. The molecule has 3 heterocycles. The summed E-state index contributed by atoms with van der Waals surface area (Å²) in [5, 5.41) is 2.08. The van der Waals surface area contributed by atoms with E-state index in [1.807, 2.05) is 30.9 Å². The molecule has 0 fully saturated rings. The van der Waals surface area contributed by atoms with E-state index in [2.05, 4.69) is 37.4 Å². The van der Waals surface area contributed by atoms with Crippen LogP contribution in [0, 0.1) is 0 Å². The van der Waals surface area contributed by atoms with Gasteiger partial charge >= 0.3 is 0 Å². The molecule has 0 unspecified atom stereocenters.